The van der Waals surface area contributed by atoms with Crippen LogP contribution in [0.2, 0.25) is 0 Å². The van der Waals surface area contributed by atoms with Crippen molar-refractivity contribution >= 4 is 22.3 Å². The second-order valence-corrected chi connectivity index (χ2v) is 7.56. The maximum Gasteiger partial charge on any atom is 0.188 e. The Morgan fingerprint density at radius 2 is 2.19 bits per heavy atom. The van der Waals surface area contributed by atoms with Crippen LogP contribution < -0.4 is 5.32 Å². The van der Waals surface area contributed by atoms with Crippen LogP contribution in [-0.2, 0) is 6.54 Å². The van der Waals surface area contributed by atoms with Crippen LogP contribution in [0.25, 0.3) is 0 Å². The summed E-state index contributed by atoms with van der Waals surface area (Å²) in [6.07, 6.45) is 6.31. The highest BCUT2D eigenvalue weighted by Crippen LogP contribution is 2.31. The molecule has 3 aromatic heterocycles. The monoisotopic (exact) mass is 384 g/mol. The molecule has 0 aliphatic carbocycles. The minimum atomic E-state index is -0.311. The molecule has 6 nitrogen and oxygen atoms in total. The molecule has 27 heavy (non-hydrogen) atoms. The molecule has 8 heteroatoms. The number of hydrogen-bond acceptors (Lipinski definition) is 7. The van der Waals surface area contributed by atoms with Crippen molar-refractivity contribution in [1.29, 1.82) is 0 Å². The number of hydrogen-bond donors (Lipinski definition) is 1. The van der Waals surface area contributed by atoms with Gasteiger partial charge in [0.15, 0.2) is 5.13 Å². The van der Waals surface area contributed by atoms with E-state index in [4.69, 9.17) is 9.97 Å². The van der Waals surface area contributed by atoms with Crippen molar-refractivity contribution in [1.82, 2.24) is 24.8 Å². The van der Waals surface area contributed by atoms with Crippen LogP contribution in [-0.4, -0.2) is 31.4 Å². The van der Waals surface area contributed by atoms with E-state index >= 15 is 0 Å². The number of halogens is 1. The van der Waals surface area contributed by atoms with Crippen LogP contribution in [0, 0.1) is 12.7 Å². The summed E-state index contributed by atoms with van der Waals surface area (Å²) >= 11 is 1.54. The minimum absolute atomic E-state index is 0.127. The van der Waals surface area contributed by atoms with E-state index in [9.17, 15) is 4.39 Å². The zero-order chi connectivity index (χ0) is 18.6. The molecule has 1 saturated heterocycles. The number of rotatable bonds is 5. The number of piperidine rings is 1. The molecular weight excluding hydrogens is 363 g/mol. The van der Waals surface area contributed by atoms with Crippen molar-refractivity contribution in [3.05, 3.63) is 59.0 Å². The van der Waals surface area contributed by atoms with Crippen LogP contribution in [0.4, 0.5) is 15.3 Å². The molecule has 1 unspecified atom stereocenters. The molecular formula is C19H21FN6S. The largest absolute Gasteiger partial charge is 0.316 e. The predicted octanol–water partition coefficient (Wildman–Crippen LogP) is 4.25. The molecule has 0 aromatic carbocycles. The summed E-state index contributed by atoms with van der Waals surface area (Å²) in [5, 5.41) is 6.00. The first kappa shape index (κ1) is 17.9. The van der Waals surface area contributed by atoms with Gasteiger partial charge in [-0.3, -0.25) is 9.88 Å². The van der Waals surface area contributed by atoms with Gasteiger partial charge < -0.3 is 5.32 Å². The Labute approximate surface area is 161 Å². The lowest BCUT2D eigenvalue weighted by Gasteiger charge is -2.34. The van der Waals surface area contributed by atoms with Gasteiger partial charge in [-0.2, -0.15) is 0 Å². The zero-order valence-corrected chi connectivity index (χ0v) is 15.9. The smallest absolute Gasteiger partial charge is 0.188 e. The van der Waals surface area contributed by atoms with E-state index in [1.165, 1.54) is 23.6 Å². The molecule has 140 valence electrons. The van der Waals surface area contributed by atoms with Crippen molar-refractivity contribution in [2.24, 2.45) is 0 Å². The van der Waals surface area contributed by atoms with Gasteiger partial charge in [-0.15, -0.1) is 11.3 Å². The van der Waals surface area contributed by atoms with Gasteiger partial charge in [0.25, 0.3) is 0 Å². The molecule has 0 amide bonds. The third kappa shape index (κ3) is 4.45. The van der Waals surface area contributed by atoms with Gasteiger partial charge in [-0.05, 0) is 38.4 Å². The van der Waals surface area contributed by atoms with E-state index in [1.807, 2.05) is 18.4 Å². The first-order valence-electron chi connectivity index (χ1n) is 9.04. The Balaban J connectivity index is 1.57. The Bertz CT molecular complexity index is 884. The molecule has 0 saturated carbocycles. The summed E-state index contributed by atoms with van der Waals surface area (Å²) < 4.78 is 13.1. The van der Waals surface area contributed by atoms with Crippen LogP contribution in [0.1, 0.15) is 42.5 Å². The number of nitrogens with zero attached hydrogens (tertiary/aromatic N) is 5. The van der Waals surface area contributed by atoms with Gasteiger partial charge in [0.2, 0.25) is 0 Å². The second kappa shape index (κ2) is 8.06. The lowest BCUT2D eigenvalue weighted by molar-refractivity contribution is 0.132. The Kier molecular flexibility index (Phi) is 5.35. The molecule has 1 atom stereocenters. The third-order valence-corrected chi connectivity index (χ3v) is 5.29. The Morgan fingerprint density at radius 3 is 2.96 bits per heavy atom. The second-order valence-electron chi connectivity index (χ2n) is 6.66. The number of likely N-dealkylation sites (tertiary alicyclic amines) is 1. The number of nitrogens with one attached hydrogen (secondary N) is 1. The number of anilines is 2. The van der Waals surface area contributed by atoms with Crippen molar-refractivity contribution in [2.75, 3.05) is 11.9 Å². The van der Waals surface area contributed by atoms with Gasteiger partial charge in [-0.25, -0.2) is 19.3 Å². The van der Waals surface area contributed by atoms with E-state index < -0.39 is 0 Å². The van der Waals surface area contributed by atoms with Crippen molar-refractivity contribution < 1.29 is 4.39 Å². The summed E-state index contributed by atoms with van der Waals surface area (Å²) in [5.74, 6) is 1.27. The molecule has 1 N–H and O–H groups in total. The highest BCUT2D eigenvalue weighted by Gasteiger charge is 2.27. The van der Waals surface area contributed by atoms with Crippen LogP contribution in [0.15, 0.2) is 36.0 Å². The van der Waals surface area contributed by atoms with Gasteiger partial charge in [0, 0.05) is 29.9 Å². The molecule has 0 radical (unpaired) electrons. The molecule has 4 rings (SSSR count). The van der Waals surface area contributed by atoms with Gasteiger partial charge in [-0.1, -0.05) is 6.42 Å². The van der Waals surface area contributed by atoms with Gasteiger partial charge >= 0.3 is 0 Å². The average Bonchev–Trinajstić information content (AvgIpc) is 3.16. The van der Waals surface area contributed by atoms with E-state index in [1.54, 1.807) is 12.3 Å². The first-order chi connectivity index (χ1) is 13.2. The molecule has 3 aromatic rings. The Morgan fingerprint density at radius 1 is 1.26 bits per heavy atom. The standard InChI is InChI=1S/C19H21FN6S/c1-13-10-17(25-19-21-7-9-27-19)24-18(23-13)16-4-2-3-8-26(16)12-15-6-5-14(20)11-22-15/h5-7,9-11,16H,2-4,8,12H2,1H3,(H,21,23,24,25). The fraction of sp³-hybridized carbons (Fsp3) is 0.368. The summed E-state index contributed by atoms with van der Waals surface area (Å²) in [7, 11) is 0. The zero-order valence-electron chi connectivity index (χ0n) is 15.1. The first-order valence-corrected chi connectivity index (χ1v) is 9.92. The highest BCUT2D eigenvalue weighted by atomic mass is 32.1. The lowest BCUT2D eigenvalue weighted by Crippen LogP contribution is -2.34. The van der Waals surface area contributed by atoms with Crippen molar-refractivity contribution in [3.63, 3.8) is 0 Å². The van der Waals surface area contributed by atoms with Gasteiger partial charge in [0.1, 0.15) is 17.5 Å². The number of aromatic nitrogens is 4. The predicted molar refractivity (Wildman–Crippen MR) is 103 cm³/mol. The third-order valence-electron chi connectivity index (χ3n) is 4.60. The van der Waals surface area contributed by atoms with Crippen LogP contribution >= 0.6 is 11.3 Å². The summed E-state index contributed by atoms with van der Waals surface area (Å²) in [6, 6.07) is 5.26. The lowest BCUT2D eigenvalue weighted by atomic mass is 10.0. The van der Waals surface area contributed by atoms with Crippen molar-refractivity contribution in [3.8, 4) is 0 Å². The summed E-state index contributed by atoms with van der Waals surface area (Å²) in [6.45, 7) is 3.60. The molecule has 1 aliphatic rings. The van der Waals surface area contributed by atoms with Gasteiger partial charge in [0.05, 0.1) is 17.9 Å². The number of thiazole rings is 1. The average molecular weight is 384 g/mol. The summed E-state index contributed by atoms with van der Waals surface area (Å²) in [5.41, 5.74) is 1.78. The van der Waals surface area contributed by atoms with Crippen LogP contribution in [0.3, 0.4) is 0 Å². The fourth-order valence-electron chi connectivity index (χ4n) is 3.38. The van der Waals surface area contributed by atoms with Crippen LogP contribution in [0.5, 0.6) is 0 Å². The van der Waals surface area contributed by atoms with E-state index in [0.717, 1.165) is 54.0 Å². The topological polar surface area (TPSA) is 66.8 Å². The normalized spacial score (nSPS) is 17.8. The molecule has 0 spiro atoms. The maximum absolute atomic E-state index is 13.1. The number of pyridine rings is 1. The van der Waals surface area contributed by atoms with E-state index in [-0.39, 0.29) is 11.9 Å². The van der Waals surface area contributed by atoms with Crippen molar-refractivity contribution in [2.45, 2.75) is 38.8 Å². The van der Waals surface area contributed by atoms with E-state index in [0.29, 0.717) is 6.54 Å². The quantitative estimate of drug-likeness (QED) is 0.709. The molecule has 4 heterocycles. The maximum atomic E-state index is 13.1. The Hall–Kier alpha value is -2.45. The molecule has 0 bridgehead atoms. The SMILES string of the molecule is Cc1cc(Nc2nccs2)nc(C2CCCCN2Cc2ccc(F)cn2)n1. The minimum Gasteiger partial charge on any atom is -0.316 e. The molecule has 1 aliphatic heterocycles. The molecule has 1 fully saturated rings. The highest BCUT2D eigenvalue weighted by molar-refractivity contribution is 7.13. The van der Waals surface area contributed by atoms with E-state index in [2.05, 4.69) is 20.2 Å². The number of aryl methyl sites for hydroxylation is 1. The fourth-order valence-corrected chi connectivity index (χ4v) is 3.92. The summed E-state index contributed by atoms with van der Waals surface area (Å²) in [4.78, 5) is 20.3.